The van der Waals surface area contributed by atoms with Crippen LogP contribution in [0.1, 0.15) is 0 Å². The molecule has 0 heterocycles. The zero-order valence-electron chi connectivity index (χ0n) is 15.1. The number of aliphatic carboxylic acids is 2. The fraction of sp³-hybridized carbons (Fsp3) is 0.438. The number of ether oxygens (including phenoxy) is 1. The molecule has 0 saturated heterocycles. The molecule has 1 atom stereocenters. The number of carboxylic acid groups (broad SMARTS) is 2. The van der Waals surface area contributed by atoms with E-state index in [1.165, 1.54) is 17.0 Å². The molecule has 27 heavy (non-hydrogen) atoms. The molecule has 0 bridgehead atoms. The number of phenolic OH excluding ortho intramolecular Hbond substituents is 1. The van der Waals surface area contributed by atoms with Crippen molar-refractivity contribution in [2.24, 2.45) is 0 Å². The van der Waals surface area contributed by atoms with Gasteiger partial charge in [0.15, 0.2) is 0 Å². The number of amides is 2. The summed E-state index contributed by atoms with van der Waals surface area (Å²) >= 11 is 0. The number of carboxylic acids is 2. The summed E-state index contributed by atoms with van der Waals surface area (Å²) in [5.41, 5.74) is 0. The van der Waals surface area contributed by atoms with Crippen LogP contribution in [0.25, 0.3) is 0 Å². The highest BCUT2D eigenvalue weighted by Crippen LogP contribution is 2.15. The molecule has 0 aliphatic rings. The fourth-order valence-corrected chi connectivity index (χ4v) is 1.48. The van der Waals surface area contributed by atoms with Crippen molar-refractivity contribution >= 4 is 18.0 Å². The van der Waals surface area contributed by atoms with Crippen LogP contribution in [-0.4, -0.2) is 89.7 Å². The molecule has 152 valence electrons. The van der Waals surface area contributed by atoms with Crippen molar-refractivity contribution in [3.8, 4) is 11.5 Å². The molecule has 0 radical (unpaired) electrons. The van der Waals surface area contributed by atoms with E-state index in [2.05, 4.69) is 10.6 Å². The molecule has 11 nitrogen and oxygen atoms in total. The number of carbonyl (C=O) groups excluding carboxylic acids is 1. The Bertz CT molecular complexity index is 580. The summed E-state index contributed by atoms with van der Waals surface area (Å²) < 4.78 is 5.37. The third-order valence-corrected chi connectivity index (χ3v) is 2.83. The smallest absolute Gasteiger partial charge is 0.414 e. The third kappa shape index (κ3) is 12.9. The van der Waals surface area contributed by atoms with Crippen LogP contribution in [-0.2, 0) is 9.59 Å². The molecule has 0 aliphatic heterocycles. The van der Waals surface area contributed by atoms with Crippen molar-refractivity contribution in [3.05, 3.63) is 24.3 Å². The Morgan fingerprint density at radius 2 is 1.63 bits per heavy atom. The van der Waals surface area contributed by atoms with Crippen LogP contribution in [0.5, 0.6) is 11.5 Å². The average molecular weight is 387 g/mol. The maximum Gasteiger partial charge on any atom is 0.414 e. The lowest BCUT2D eigenvalue weighted by Gasteiger charge is -2.14. The zero-order chi connectivity index (χ0) is 20.8. The molecule has 11 heteroatoms. The van der Waals surface area contributed by atoms with Crippen molar-refractivity contribution in [2.45, 2.75) is 6.10 Å². The van der Waals surface area contributed by atoms with Gasteiger partial charge in [-0.2, -0.15) is 0 Å². The standard InChI is InChI=1S/C14H23N3O4.C2H2O4/c1-17(2)14(20)16-8-7-15-9-12(19)10-21-13-5-3-11(18)4-6-13;3-1(4)2(5)6/h3-6,12,15,18-19H,7-10H2,1-2H3,(H,16,20);(H,3,4)(H,5,6). The second kappa shape index (κ2) is 13.2. The Labute approximate surface area is 156 Å². The second-order valence-corrected chi connectivity index (χ2v) is 5.40. The second-order valence-electron chi connectivity index (χ2n) is 5.40. The summed E-state index contributed by atoms with van der Waals surface area (Å²) in [4.78, 5) is 30.9. The van der Waals surface area contributed by atoms with Gasteiger partial charge in [0, 0.05) is 33.7 Å². The first-order chi connectivity index (χ1) is 12.6. The SMILES string of the molecule is CN(C)C(=O)NCCNCC(O)COc1ccc(O)cc1.O=C(O)C(=O)O. The highest BCUT2D eigenvalue weighted by atomic mass is 16.5. The first kappa shape index (κ1) is 23.9. The number of nitrogens with one attached hydrogen (secondary N) is 2. The minimum Gasteiger partial charge on any atom is -0.508 e. The van der Waals surface area contributed by atoms with Crippen molar-refractivity contribution < 1.29 is 39.5 Å². The summed E-state index contributed by atoms with van der Waals surface area (Å²) in [6.45, 7) is 1.58. The van der Waals surface area contributed by atoms with Gasteiger partial charge in [-0.1, -0.05) is 0 Å². The van der Waals surface area contributed by atoms with Crippen LogP contribution in [0, 0.1) is 0 Å². The molecule has 2 amide bonds. The summed E-state index contributed by atoms with van der Waals surface area (Å²) in [6.07, 6.45) is -0.650. The van der Waals surface area contributed by atoms with E-state index >= 15 is 0 Å². The predicted octanol–water partition coefficient (Wildman–Crippen LogP) is -0.852. The van der Waals surface area contributed by atoms with Crippen LogP contribution in [0.15, 0.2) is 24.3 Å². The highest BCUT2D eigenvalue weighted by Gasteiger charge is 2.06. The van der Waals surface area contributed by atoms with Gasteiger partial charge in [0.25, 0.3) is 0 Å². The third-order valence-electron chi connectivity index (χ3n) is 2.83. The minimum atomic E-state index is -1.82. The van der Waals surface area contributed by atoms with Gasteiger partial charge in [0.05, 0.1) is 0 Å². The van der Waals surface area contributed by atoms with Gasteiger partial charge in [-0.25, -0.2) is 14.4 Å². The number of aliphatic hydroxyl groups excluding tert-OH is 1. The van der Waals surface area contributed by atoms with E-state index in [-0.39, 0.29) is 18.4 Å². The van der Waals surface area contributed by atoms with E-state index in [0.29, 0.717) is 25.4 Å². The molecule has 1 aromatic carbocycles. The molecule has 0 fully saturated rings. The predicted molar refractivity (Wildman–Crippen MR) is 94.8 cm³/mol. The first-order valence-corrected chi connectivity index (χ1v) is 7.85. The number of nitrogens with zero attached hydrogens (tertiary/aromatic N) is 1. The fourth-order valence-electron chi connectivity index (χ4n) is 1.48. The summed E-state index contributed by atoms with van der Waals surface area (Å²) in [7, 11) is 3.35. The number of phenols is 1. The van der Waals surface area contributed by atoms with Crippen LogP contribution in [0.2, 0.25) is 0 Å². The number of benzene rings is 1. The number of urea groups is 1. The van der Waals surface area contributed by atoms with Crippen LogP contribution in [0.3, 0.4) is 0 Å². The Kier molecular flexibility index (Phi) is 11.7. The Hall–Kier alpha value is -3.05. The Morgan fingerprint density at radius 3 is 2.11 bits per heavy atom. The van der Waals surface area contributed by atoms with E-state index in [0.717, 1.165) is 0 Å². The van der Waals surface area contributed by atoms with Crippen LogP contribution < -0.4 is 15.4 Å². The molecular weight excluding hydrogens is 362 g/mol. The summed E-state index contributed by atoms with van der Waals surface area (Å²) in [6, 6.07) is 6.16. The van der Waals surface area contributed by atoms with Gasteiger partial charge >= 0.3 is 18.0 Å². The molecule has 0 spiro atoms. The quantitative estimate of drug-likeness (QED) is 0.246. The monoisotopic (exact) mass is 387 g/mol. The van der Waals surface area contributed by atoms with Crippen molar-refractivity contribution in [3.63, 3.8) is 0 Å². The number of aromatic hydroxyl groups is 1. The van der Waals surface area contributed by atoms with Gasteiger partial charge in [-0.3, -0.25) is 0 Å². The summed E-state index contributed by atoms with van der Waals surface area (Å²) in [5.74, 6) is -2.89. The maximum atomic E-state index is 11.2. The molecular formula is C16H25N3O8. The molecule has 1 aromatic rings. The van der Waals surface area contributed by atoms with Gasteiger partial charge in [-0.05, 0) is 24.3 Å². The molecule has 1 rings (SSSR count). The molecule has 1 unspecified atom stereocenters. The lowest BCUT2D eigenvalue weighted by Crippen LogP contribution is -2.40. The van der Waals surface area contributed by atoms with Crippen LogP contribution >= 0.6 is 0 Å². The Morgan fingerprint density at radius 1 is 1.07 bits per heavy atom. The number of carbonyl (C=O) groups is 3. The topological polar surface area (TPSA) is 169 Å². The Balaban J connectivity index is 0.000000972. The zero-order valence-corrected chi connectivity index (χ0v) is 15.1. The summed E-state index contributed by atoms with van der Waals surface area (Å²) in [5, 5.41) is 39.4. The molecule has 0 aliphatic carbocycles. The largest absolute Gasteiger partial charge is 0.508 e. The first-order valence-electron chi connectivity index (χ1n) is 7.85. The van der Waals surface area contributed by atoms with Crippen LogP contribution in [0.4, 0.5) is 4.79 Å². The molecule has 0 aromatic heterocycles. The normalized spacial score (nSPS) is 10.8. The van der Waals surface area contributed by atoms with E-state index in [1.807, 2.05) is 0 Å². The van der Waals surface area contributed by atoms with Crippen molar-refractivity contribution in [2.75, 3.05) is 40.3 Å². The van der Waals surface area contributed by atoms with E-state index in [4.69, 9.17) is 29.6 Å². The lowest BCUT2D eigenvalue weighted by molar-refractivity contribution is -0.159. The number of rotatable bonds is 8. The van der Waals surface area contributed by atoms with E-state index in [9.17, 15) is 9.90 Å². The number of hydrogen-bond acceptors (Lipinski definition) is 7. The molecule has 0 saturated carbocycles. The minimum absolute atomic E-state index is 0.145. The van der Waals surface area contributed by atoms with E-state index < -0.39 is 18.0 Å². The average Bonchev–Trinajstić information content (AvgIpc) is 2.61. The highest BCUT2D eigenvalue weighted by molar-refractivity contribution is 6.27. The maximum absolute atomic E-state index is 11.2. The lowest BCUT2D eigenvalue weighted by atomic mass is 10.3. The van der Waals surface area contributed by atoms with Gasteiger partial charge in [0.2, 0.25) is 0 Å². The van der Waals surface area contributed by atoms with Gasteiger partial charge < -0.3 is 40.7 Å². The van der Waals surface area contributed by atoms with E-state index in [1.54, 1.807) is 26.2 Å². The molecule has 6 N–H and O–H groups in total. The van der Waals surface area contributed by atoms with Crippen molar-refractivity contribution in [1.82, 2.24) is 15.5 Å². The number of aliphatic hydroxyl groups is 1. The van der Waals surface area contributed by atoms with Gasteiger partial charge in [-0.15, -0.1) is 0 Å². The van der Waals surface area contributed by atoms with Gasteiger partial charge in [0.1, 0.15) is 24.2 Å². The van der Waals surface area contributed by atoms with Crippen molar-refractivity contribution in [1.29, 1.82) is 0 Å². The number of hydrogen-bond donors (Lipinski definition) is 6.